The van der Waals surface area contributed by atoms with E-state index in [1.54, 1.807) is 6.92 Å². The van der Waals surface area contributed by atoms with E-state index in [0.717, 1.165) is 0 Å². The maximum Gasteiger partial charge on any atom is 0.111 e. The normalized spacial score (nSPS) is 20.8. The number of rotatable bonds is 6. The van der Waals surface area contributed by atoms with Crippen LogP contribution in [-0.2, 0) is 4.74 Å². The van der Waals surface area contributed by atoms with Gasteiger partial charge in [0.25, 0.3) is 0 Å². The highest BCUT2D eigenvalue weighted by Crippen LogP contribution is 2.12. The van der Waals surface area contributed by atoms with Gasteiger partial charge >= 0.3 is 0 Å². The topological polar surface area (TPSA) is 69.9 Å². The van der Waals surface area contributed by atoms with Crippen molar-refractivity contribution in [3.63, 3.8) is 0 Å². The Morgan fingerprint density at radius 1 is 1.23 bits per heavy atom. The Morgan fingerprint density at radius 2 is 1.77 bits per heavy atom. The van der Waals surface area contributed by atoms with E-state index in [2.05, 4.69) is 15.9 Å². The Hall–Kier alpha value is 0.320. The van der Waals surface area contributed by atoms with Gasteiger partial charge < -0.3 is 20.1 Å². The molecular formula is C8H17BrO4. The second-order valence-electron chi connectivity index (χ2n) is 2.89. The van der Waals surface area contributed by atoms with Gasteiger partial charge in [0.05, 0.1) is 12.2 Å². The molecule has 0 saturated heterocycles. The van der Waals surface area contributed by atoms with Gasteiger partial charge in [-0.2, -0.15) is 0 Å². The summed E-state index contributed by atoms with van der Waals surface area (Å²) >= 11 is 3.04. The third-order valence-corrected chi connectivity index (χ3v) is 2.62. The van der Waals surface area contributed by atoms with E-state index in [4.69, 9.17) is 4.74 Å². The van der Waals surface area contributed by atoms with Crippen LogP contribution in [0.4, 0.5) is 0 Å². The maximum absolute atomic E-state index is 9.51. The summed E-state index contributed by atoms with van der Waals surface area (Å²) in [6, 6.07) is 0. The minimum Gasteiger partial charge on any atom is -0.390 e. The predicted octanol–water partition coefficient (Wildman–Crippen LogP) is -0.111. The molecule has 0 aliphatic carbocycles. The van der Waals surface area contributed by atoms with Crippen LogP contribution in [0.25, 0.3) is 0 Å². The Balaban J connectivity index is 4.21. The Kier molecular flexibility index (Phi) is 6.89. The van der Waals surface area contributed by atoms with Crippen LogP contribution >= 0.6 is 15.9 Å². The first-order valence-electron chi connectivity index (χ1n) is 4.21. The lowest BCUT2D eigenvalue weighted by molar-refractivity contribution is -0.115. The van der Waals surface area contributed by atoms with E-state index >= 15 is 0 Å². The highest BCUT2D eigenvalue weighted by atomic mass is 79.9. The van der Waals surface area contributed by atoms with Gasteiger partial charge in [-0.3, -0.25) is 0 Å². The van der Waals surface area contributed by atoms with E-state index in [1.165, 1.54) is 7.11 Å². The molecule has 0 spiro atoms. The average molecular weight is 257 g/mol. The molecule has 0 amide bonds. The van der Waals surface area contributed by atoms with Gasteiger partial charge in [0.2, 0.25) is 0 Å². The molecule has 5 heteroatoms. The van der Waals surface area contributed by atoms with E-state index in [9.17, 15) is 15.3 Å². The molecule has 4 atom stereocenters. The van der Waals surface area contributed by atoms with Crippen LogP contribution in [0.5, 0.6) is 0 Å². The number of aliphatic hydroxyl groups is 3. The summed E-state index contributed by atoms with van der Waals surface area (Å²) in [7, 11) is 1.40. The highest BCUT2D eigenvalue weighted by Gasteiger charge is 2.30. The SMILES string of the molecule is CC[C@@H](O)[C@H](OC)[C@H](O)[C@@H](O)CBr. The number of methoxy groups -OCH3 is 1. The van der Waals surface area contributed by atoms with Crippen molar-refractivity contribution < 1.29 is 20.1 Å². The van der Waals surface area contributed by atoms with Gasteiger partial charge in [-0.05, 0) is 6.42 Å². The second-order valence-corrected chi connectivity index (χ2v) is 3.54. The standard InChI is InChI=1S/C8H17BrO4/c1-3-5(10)8(13-2)7(12)6(11)4-9/h5-8,10-12H,3-4H2,1-2H3/t5-,6+,7-,8+/m1/s1. The second kappa shape index (κ2) is 6.73. The van der Waals surface area contributed by atoms with E-state index < -0.39 is 24.4 Å². The molecule has 0 bridgehead atoms. The molecule has 0 aromatic carbocycles. The van der Waals surface area contributed by atoms with Crippen LogP contribution in [0.3, 0.4) is 0 Å². The molecule has 0 aliphatic heterocycles. The molecule has 80 valence electrons. The number of aliphatic hydroxyl groups excluding tert-OH is 3. The zero-order chi connectivity index (χ0) is 10.4. The molecule has 0 radical (unpaired) electrons. The fourth-order valence-corrected chi connectivity index (χ4v) is 1.45. The summed E-state index contributed by atoms with van der Waals surface area (Å²) in [5.41, 5.74) is 0. The van der Waals surface area contributed by atoms with Crippen LogP contribution in [-0.4, -0.2) is 52.2 Å². The number of alkyl halides is 1. The van der Waals surface area contributed by atoms with Crippen molar-refractivity contribution in [3.05, 3.63) is 0 Å². The quantitative estimate of drug-likeness (QED) is 0.581. The highest BCUT2D eigenvalue weighted by molar-refractivity contribution is 9.09. The Morgan fingerprint density at radius 3 is 2.08 bits per heavy atom. The Bertz CT molecular complexity index is 133. The first-order valence-corrected chi connectivity index (χ1v) is 5.33. The van der Waals surface area contributed by atoms with Gasteiger partial charge in [0.15, 0.2) is 0 Å². The zero-order valence-electron chi connectivity index (χ0n) is 7.85. The summed E-state index contributed by atoms with van der Waals surface area (Å²) in [6.45, 7) is 1.78. The molecule has 0 saturated carbocycles. The van der Waals surface area contributed by atoms with E-state index in [1.807, 2.05) is 0 Å². The van der Waals surface area contributed by atoms with Crippen LogP contribution in [0.15, 0.2) is 0 Å². The lowest BCUT2D eigenvalue weighted by atomic mass is 10.0. The summed E-state index contributed by atoms with van der Waals surface area (Å²) < 4.78 is 4.91. The lowest BCUT2D eigenvalue weighted by Crippen LogP contribution is -2.46. The molecule has 0 rings (SSSR count). The Labute approximate surface area is 86.7 Å². The van der Waals surface area contributed by atoms with Gasteiger partial charge in [-0.15, -0.1) is 0 Å². The van der Waals surface area contributed by atoms with Crippen LogP contribution < -0.4 is 0 Å². The molecule has 0 heterocycles. The number of hydrogen-bond donors (Lipinski definition) is 3. The smallest absolute Gasteiger partial charge is 0.111 e. The number of hydrogen-bond acceptors (Lipinski definition) is 4. The van der Waals surface area contributed by atoms with Crippen LogP contribution in [0.1, 0.15) is 13.3 Å². The third kappa shape index (κ3) is 3.91. The zero-order valence-corrected chi connectivity index (χ0v) is 9.44. The molecule has 0 aliphatic rings. The number of halogens is 1. The van der Waals surface area contributed by atoms with Crippen molar-refractivity contribution in [1.29, 1.82) is 0 Å². The van der Waals surface area contributed by atoms with Crippen molar-refractivity contribution in [3.8, 4) is 0 Å². The molecule has 0 fully saturated rings. The van der Waals surface area contributed by atoms with E-state index in [-0.39, 0.29) is 5.33 Å². The van der Waals surface area contributed by atoms with Crippen molar-refractivity contribution in [2.24, 2.45) is 0 Å². The minimum atomic E-state index is -1.07. The summed E-state index contributed by atoms with van der Waals surface area (Å²) in [5, 5.41) is 28.5. The fraction of sp³-hybridized carbons (Fsp3) is 1.00. The predicted molar refractivity (Wildman–Crippen MR) is 52.9 cm³/mol. The average Bonchev–Trinajstić information content (AvgIpc) is 2.17. The molecule has 0 aromatic rings. The number of ether oxygens (including phenoxy) is 1. The maximum atomic E-state index is 9.51. The molecule has 13 heavy (non-hydrogen) atoms. The van der Waals surface area contributed by atoms with Crippen LogP contribution in [0.2, 0.25) is 0 Å². The first-order chi connectivity index (χ1) is 6.08. The molecule has 4 nitrogen and oxygen atoms in total. The third-order valence-electron chi connectivity index (χ3n) is 1.96. The summed E-state index contributed by atoms with van der Waals surface area (Å²) in [4.78, 5) is 0. The molecule has 3 N–H and O–H groups in total. The fourth-order valence-electron chi connectivity index (χ4n) is 1.07. The largest absolute Gasteiger partial charge is 0.390 e. The summed E-state index contributed by atoms with van der Waals surface area (Å²) in [5.74, 6) is 0. The molecule has 0 aromatic heterocycles. The minimum absolute atomic E-state index is 0.254. The van der Waals surface area contributed by atoms with Gasteiger partial charge in [0.1, 0.15) is 12.2 Å². The van der Waals surface area contributed by atoms with Crippen LogP contribution in [0, 0.1) is 0 Å². The monoisotopic (exact) mass is 256 g/mol. The van der Waals surface area contributed by atoms with Crippen molar-refractivity contribution in [2.75, 3.05) is 12.4 Å². The van der Waals surface area contributed by atoms with Gasteiger partial charge in [-0.25, -0.2) is 0 Å². The van der Waals surface area contributed by atoms with Crippen molar-refractivity contribution >= 4 is 15.9 Å². The molecule has 0 unspecified atom stereocenters. The lowest BCUT2D eigenvalue weighted by Gasteiger charge is -2.28. The summed E-state index contributed by atoms with van der Waals surface area (Å²) in [6.07, 6.45) is -3.01. The van der Waals surface area contributed by atoms with E-state index in [0.29, 0.717) is 6.42 Å². The van der Waals surface area contributed by atoms with Crippen molar-refractivity contribution in [1.82, 2.24) is 0 Å². The van der Waals surface area contributed by atoms with Gasteiger partial charge in [-0.1, -0.05) is 22.9 Å². The first kappa shape index (κ1) is 13.3. The molecular weight excluding hydrogens is 240 g/mol. The van der Waals surface area contributed by atoms with Crippen molar-refractivity contribution in [2.45, 2.75) is 37.8 Å². The van der Waals surface area contributed by atoms with Gasteiger partial charge in [0, 0.05) is 12.4 Å².